The van der Waals surface area contributed by atoms with Gasteiger partial charge in [-0.15, -0.1) is 0 Å². The second-order valence-electron chi connectivity index (χ2n) is 7.11. The van der Waals surface area contributed by atoms with Gasteiger partial charge in [-0.1, -0.05) is 46.4 Å². The van der Waals surface area contributed by atoms with Crippen LogP contribution in [0.15, 0.2) is 48.8 Å². The summed E-state index contributed by atoms with van der Waals surface area (Å²) in [6.45, 7) is 0. The van der Waals surface area contributed by atoms with E-state index in [-0.39, 0.29) is 16.1 Å². The molecule has 2 heterocycles. The highest BCUT2D eigenvalue weighted by molar-refractivity contribution is 6.38. The lowest BCUT2D eigenvalue weighted by atomic mass is 10.1. The predicted molar refractivity (Wildman–Crippen MR) is 136 cm³/mol. The summed E-state index contributed by atoms with van der Waals surface area (Å²) in [6, 6.07) is 9.64. The molecule has 0 atom stereocenters. The Kier molecular flexibility index (Phi) is 8.45. The summed E-state index contributed by atoms with van der Waals surface area (Å²) in [5, 5.41) is 18.3. The zero-order valence-corrected chi connectivity index (χ0v) is 21.6. The molecule has 4 aromatic rings. The maximum absolute atomic E-state index is 11.6. The first kappa shape index (κ1) is 26.6. The molecule has 0 unspecified atom stereocenters. The standard InChI is InChI=1S/C12H10Cl2N2O2.C11H8Cl2N2O2/c1-16-10(3-4-15-16)8-5-7(13)6-9(11(8)14)12(17)18-2;1-15-9(2-3-14-15)7-4-6(12)5-8(10(7)13)11(16)17/h3-6H,1-2H3;2-5H,1H3,(H,16,17). The Balaban J connectivity index is 0.000000196. The number of aromatic carboxylic acids is 1. The number of carbonyl (C=O) groups is 2. The van der Waals surface area contributed by atoms with Crippen LogP contribution in [0.25, 0.3) is 22.5 Å². The number of nitrogens with zero attached hydrogens (tertiary/aromatic N) is 4. The van der Waals surface area contributed by atoms with Gasteiger partial charge < -0.3 is 9.84 Å². The van der Waals surface area contributed by atoms with Crippen molar-refractivity contribution in [1.82, 2.24) is 19.6 Å². The summed E-state index contributed by atoms with van der Waals surface area (Å²) >= 11 is 24.2. The number of ether oxygens (including phenoxy) is 1. The van der Waals surface area contributed by atoms with Gasteiger partial charge in [-0.3, -0.25) is 9.36 Å². The molecule has 4 rings (SSSR count). The molecule has 2 aromatic heterocycles. The Morgan fingerprint density at radius 2 is 1.23 bits per heavy atom. The molecule has 12 heteroatoms. The lowest BCUT2D eigenvalue weighted by molar-refractivity contribution is 0.0600. The van der Waals surface area contributed by atoms with E-state index in [1.54, 1.807) is 60.1 Å². The zero-order valence-electron chi connectivity index (χ0n) is 18.6. The molecular weight excluding hydrogens is 538 g/mol. The van der Waals surface area contributed by atoms with Gasteiger partial charge in [0, 0.05) is 47.7 Å². The maximum atomic E-state index is 11.6. The van der Waals surface area contributed by atoms with Crippen molar-refractivity contribution in [3.05, 3.63) is 80.0 Å². The third-order valence-corrected chi connectivity index (χ3v) is 6.16. The van der Waals surface area contributed by atoms with Crippen LogP contribution in [0.3, 0.4) is 0 Å². The fourth-order valence-corrected chi connectivity index (χ4v) is 4.25. The average molecular weight is 556 g/mol. The molecular formula is C23H18Cl4N4O4. The van der Waals surface area contributed by atoms with E-state index in [9.17, 15) is 9.59 Å². The van der Waals surface area contributed by atoms with Gasteiger partial charge in [0.15, 0.2) is 0 Å². The Hall–Kier alpha value is -3.04. The van der Waals surface area contributed by atoms with Crippen LogP contribution in [0.1, 0.15) is 20.7 Å². The average Bonchev–Trinajstić information content (AvgIpc) is 3.44. The molecule has 0 saturated carbocycles. The number of hydrogen-bond acceptors (Lipinski definition) is 5. The molecule has 2 aromatic carbocycles. The monoisotopic (exact) mass is 554 g/mol. The van der Waals surface area contributed by atoms with Crippen LogP contribution in [-0.2, 0) is 18.8 Å². The minimum absolute atomic E-state index is 0.0182. The molecule has 0 fully saturated rings. The number of halogens is 4. The van der Waals surface area contributed by atoms with Crippen LogP contribution in [0.2, 0.25) is 20.1 Å². The third kappa shape index (κ3) is 5.79. The first-order valence-electron chi connectivity index (χ1n) is 9.81. The van der Waals surface area contributed by atoms with E-state index < -0.39 is 11.9 Å². The number of hydrogen-bond donors (Lipinski definition) is 1. The Morgan fingerprint density at radius 3 is 1.60 bits per heavy atom. The van der Waals surface area contributed by atoms with Gasteiger partial charge in [-0.25, -0.2) is 9.59 Å². The number of methoxy groups -OCH3 is 1. The van der Waals surface area contributed by atoms with Crippen molar-refractivity contribution in [3.63, 3.8) is 0 Å². The van der Waals surface area contributed by atoms with Crippen LogP contribution in [0.4, 0.5) is 0 Å². The van der Waals surface area contributed by atoms with Gasteiger partial charge in [0.25, 0.3) is 0 Å². The topological polar surface area (TPSA) is 99.2 Å². The maximum Gasteiger partial charge on any atom is 0.339 e. The molecule has 1 N–H and O–H groups in total. The van der Waals surface area contributed by atoms with Crippen LogP contribution in [0.5, 0.6) is 0 Å². The Bertz CT molecular complexity index is 1410. The molecule has 8 nitrogen and oxygen atoms in total. The normalized spacial score (nSPS) is 10.5. The zero-order chi connectivity index (χ0) is 25.9. The minimum Gasteiger partial charge on any atom is -0.478 e. The van der Waals surface area contributed by atoms with Gasteiger partial charge in [-0.05, 0) is 36.4 Å². The Labute approximate surface area is 220 Å². The third-order valence-electron chi connectivity index (χ3n) is 4.90. The van der Waals surface area contributed by atoms with Gasteiger partial charge in [-0.2, -0.15) is 10.2 Å². The van der Waals surface area contributed by atoms with Crippen molar-refractivity contribution in [1.29, 1.82) is 0 Å². The molecule has 35 heavy (non-hydrogen) atoms. The molecule has 182 valence electrons. The molecule has 0 spiro atoms. The molecule has 0 bridgehead atoms. The fourth-order valence-electron chi connectivity index (χ4n) is 3.24. The molecule has 0 aliphatic rings. The highest BCUT2D eigenvalue weighted by Gasteiger charge is 2.19. The van der Waals surface area contributed by atoms with Gasteiger partial charge >= 0.3 is 11.9 Å². The van der Waals surface area contributed by atoms with Crippen LogP contribution < -0.4 is 0 Å². The van der Waals surface area contributed by atoms with E-state index in [0.29, 0.717) is 31.9 Å². The first-order valence-corrected chi connectivity index (χ1v) is 11.3. The number of rotatable bonds is 4. The van der Waals surface area contributed by atoms with Crippen molar-refractivity contribution in [2.75, 3.05) is 7.11 Å². The lowest BCUT2D eigenvalue weighted by Crippen LogP contribution is -2.04. The van der Waals surface area contributed by atoms with Crippen LogP contribution >= 0.6 is 46.4 Å². The first-order chi connectivity index (χ1) is 16.5. The molecule has 0 radical (unpaired) electrons. The smallest absolute Gasteiger partial charge is 0.339 e. The highest BCUT2D eigenvalue weighted by atomic mass is 35.5. The van der Waals surface area contributed by atoms with Crippen molar-refractivity contribution in [2.45, 2.75) is 0 Å². The predicted octanol–water partition coefficient (Wildman–Crippen LogP) is 6.27. The quantitative estimate of drug-likeness (QED) is 0.298. The van der Waals surface area contributed by atoms with Crippen molar-refractivity contribution in [3.8, 4) is 22.5 Å². The van der Waals surface area contributed by atoms with Crippen molar-refractivity contribution in [2.24, 2.45) is 14.1 Å². The number of carbonyl (C=O) groups excluding carboxylic acids is 1. The van der Waals surface area contributed by atoms with E-state index in [1.807, 2.05) is 0 Å². The van der Waals surface area contributed by atoms with Crippen LogP contribution in [0, 0.1) is 0 Å². The Morgan fingerprint density at radius 1 is 0.800 bits per heavy atom. The summed E-state index contributed by atoms with van der Waals surface area (Å²) in [6.07, 6.45) is 3.25. The van der Waals surface area contributed by atoms with Crippen molar-refractivity contribution >= 4 is 58.3 Å². The minimum atomic E-state index is -1.11. The molecule has 0 amide bonds. The second kappa shape index (κ2) is 11.1. The van der Waals surface area contributed by atoms with E-state index >= 15 is 0 Å². The summed E-state index contributed by atoms with van der Waals surface area (Å²) < 4.78 is 7.92. The van der Waals surface area contributed by atoms with E-state index in [4.69, 9.17) is 51.5 Å². The lowest BCUT2D eigenvalue weighted by Gasteiger charge is -2.09. The van der Waals surface area contributed by atoms with Gasteiger partial charge in [0.1, 0.15) is 0 Å². The van der Waals surface area contributed by atoms with Gasteiger partial charge in [0.05, 0.1) is 39.7 Å². The number of aromatic nitrogens is 4. The highest BCUT2D eigenvalue weighted by Crippen LogP contribution is 2.34. The van der Waals surface area contributed by atoms with Gasteiger partial charge in [0.2, 0.25) is 0 Å². The second-order valence-corrected chi connectivity index (χ2v) is 8.74. The summed E-state index contributed by atoms with van der Waals surface area (Å²) in [4.78, 5) is 22.6. The van der Waals surface area contributed by atoms with Crippen molar-refractivity contribution < 1.29 is 19.4 Å². The fraction of sp³-hybridized carbons (Fsp3) is 0.130. The number of aryl methyl sites for hydroxylation is 2. The molecule has 0 aliphatic heterocycles. The summed E-state index contributed by atoms with van der Waals surface area (Å²) in [5.41, 5.74) is 2.90. The summed E-state index contributed by atoms with van der Waals surface area (Å²) in [7, 11) is 4.82. The SMILES string of the molecule is COC(=O)c1cc(Cl)cc(-c2ccnn2C)c1Cl.Cn1nccc1-c1cc(Cl)cc(C(=O)O)c1Cl. The number of esters is 1. The van der Waals surface area contributed by atoms with E-state index in [1.165, 1.54) is 19.2 Å². The summed E-state index contributed by atoms with van der Waals surface area (Å²) in [5.74, 6) is -1.63. The largest absolute Gasteiger partial charge is 0.478 e. The number of benzene rings is 2. The number of carboxylic acid groups (broad SMARTS) is 1. The van der Waals surface area contributed by atoms with E-state index in [2.05, 4.69) is 14.9 Å². The van der Waals surface area contributed by atoms with Crippen LogP contribution in [-0.4, -0.2) is 43.7 Å². The molecule has 0 saturated heterocycles. The number of carboxylic acids is 1. The molecule has 0 aliphatic carbocycles. The van der Waals surface area contributed by atoms with E-state index in [0.717, 1.165) is 5.69 Å².